The Morgan fingerprint density at radius 2 is 1.64 bits per heavy atom. The van der Waals surface area contributed by atoms with Gasteiger partial charge in [-0.25, -0.2) is 8.42 Å². The smallest absolute Gasteiger partial charge is 0.305 e. The monoisotopic (exact) mass is 358 g/mol. The number of carbonyl (C=O) groups excluding carboxylic acids is 1. The molecular weight excluding hydrogens is 336 g/mol. The van der Waals surface area contributed by atoms with Gasteiger partial charge in [-0.15, -0.1) is 0 Å². The van der Waals surface area contributed by atoms with Crippen molar-refractivity contribution >= 4 is 15.8 Å². The molecule has 0 bridgehead atoms. The van der Waals surface area contributed by atoms with Gasteiger partial charge in [0.15, 0.2) is 9.84 Å². The lowest BCUT2D eigenvalue weighted by atomic mass is 9.94. The largest absolute Gasteiger partial charge is 0.465 e. The summed E-state index contributed by atoms with van der Waals surface area (Å²) in [4.78, 5) is 11.7. The van der Waals surface area contributed by atoms with Gasteiger partial charge in [0.2, 0.25) is 0 Å². The van der Waals surface area contributed by atoms with E-state index in [-0.39, 0.29) is 24.9 Å². The van der Waals surface area contributed by atoms with Crippen molar-refractivity contribution in [2.75, 3.05) is 6.61 Å². The van der Waals surface area contributed by atoms with E-state index in [1.165, 1.54) is 0 Å². The molecule has 0 N–H and O–H groups in total. The maximum absolute atomic E-state index is 13.2. The summed E-state index contributed by atoms with van der Waals surface area (Å²) in [5, 5.41) is -0.553. The van der Waals surface area contributed by atoms with E-state index in [2.05, 4.69) is 0 Å². The lowest BCUT2D eigenvalue weighted by Gasteiger charge is -2.29. The highest BCUT2D eigenvalue weighted by Gasteiger charge is 2.37. The Morgan fingerprint density at radius 1 is 1.00 bits per heavy atom. The van der Waals surface area contributed by atoms with Gasteiger partial charge in [-0.2, -0.15) is 0 Å². The number of esters is 1. The molecule has 132 valence electrons. The van der Waals surface area contributed by atoms with Crippen LogP contribution in [0.2, 0.25) is 0 Å². The molecule has 5 heteroatoms. The maximum atomic E-state index is 13.2. The fourth-order valence-corrected chi connectivity index (χ4v) is 5.37. The first kappa shape index (κ1) is 17.7. The maximum Gasteiger partial charge on any atom is 0.305 e. The third-order valence-electron chi connectivity index (χ3n) is 4.73. The Balaban J connectivity index is 1.84. The molecular formula is C20H22O4S. The van der Waals surface area contributed by atoms with Crippen LogP contribution in [-0.2, 0) is 25.8 Å². The number of sulfone groups is 1. The average molecular weight is 358 g/mol. The molecule has 25 heavy (non-hydrogen) atoms. The van der Waals surface area contributed by atoms with Crippen molar-refractivity contribution in [1.82, 2.24) is 0 Å². The van der Waals surface area contributed by atoms with Crippen LogP contribution in [0.1, 0.15) is 24.8 Å². The Hall–Kier alpha value is -2.14. The van der Waals surface area contributed by atoms with Crippen LogP contribution in [0.3, 0.4) is 0 Å². The van der Waals surface area contributed by atoms with Crippen LogP contribution in [0.25, 0.3) is 0 Å². The van der Waals surface area contributed by atoms with Gasteiger partial charge in [0, 0.05) is 12.3 Å². The van der Waals surface area contributed by atoms with Crippen molar-refractivity contribution in [2.45, 2.75) is 35.8 Å². The summed E-state index contributed by atoms with van der Waals surface area (Å²) in [7, 11) is -3.48. The van der Waals surface area contributed by atoms with Crippen LogP contribution in [0.5, 0.6) is 0 Å². The highest BCUT2D eigenvalue weighted by molar-refractivity contribution is 7.92. The summed E-state index contributed by atoms with van der Waals surface area (Å²) in [6, 6.07) is 18.4. The third kappa shape index (κ3) is 4.28. The quantitative estimate of drug-likeness (QED) is 0.743. The van der Waals surface area contributed by atoms with E-state index in [1.54, 1.807) is 30.3 Å². The molecule has 2 aromatic carbocycles. The minimum absolute atomic E-state index is 0.161. The van der Waals surface area contributed by atoms with Crippen LogP contribution in [-0.4, -0.2) is 26.2 Å². The average Bonchev–Trinajstić information content (AvgIpc) is 2.65. The van der Waals surface area contributed by atoms with Crippen LogP contribution in [0.4, 0.5) is 0 Å². The van der Waals surface area contributed by atoms with E-state index in [1.807, 2.05) is 30.3 Å². The van der Waals surface area contributed by atoms with Crippen molar-refractivity contribution in [1.29, 1.82) is 0 Å². The number of ether oxygens (including phenoxy) is 1. The van der Waals surface area contributed by atoms with Gasteiger partial charge in [0.25, 0.3) is 0 Å². The molecule has 0 saturated carbocycles. The first-order chi connectivity index (χ1) is 12.1. The van der Waals surface area contributed by atoms with Crippen molar-refractivity contribution in [3.63, 3.8) is 0 Å². The van der Waals surface area contributed by atoms with Gasteiger partial charge in [-0.3, -0.25) is 4.79 Å². The molecule has 1 saturated heterocycles. The lowest BCUT2D eigenvalue weighted by molar-refractivity contribution is -0.149. The molecule has 1 aliphatic rings. The highest BCUT2D eigenvalue weighted by Crippen LogP contribution is 2.30. The van der Waals surface area contributed by atoms with E-state index in [0.29, 0.717) is 24.2 Å². The van der Waals surface area contributed by atoms with Gasteiger partial charge >= 0.3 is 5.97 Å². The molecule has 2 aromatic rings. The van der Waals surface area contributed by atoms with E-state index in [0.717, 1.165) is 5.56 Å². The highest BCUT2D eigenvalue weighted by atomic mass is 32.2. The molecule has 0 aliphatic carbocycles. The van der Waals surface area contributed by atoms with E-state index >= 15 is 0 Å². The van der Waals surface area contributed by atoms with Crippen LogP contribution in [0, 0.1) is 5.92 Å². The van der Waals surface area contributed by atoms with Gasteiger partial charge < -0.3 is 4.74 Å². The minimum atomic E-state index is -3.48. The molecule has 0 aromatic heterocycles. The Kier molecular flexibility index (Phi) is 5.53. The number of hydrogen-bond donors (Lipinski definition) is 0. The number of rotatable bonds is 6. The number of carbonyl (C=O) groups is 1. The summed E-state index contributed by atoms with van der Waals surface area (Å²) in [6.45, 7) is 0.185. The summed E-state index contributed by atoms with van der Waals surface area (Å²) in [5.41, 5.74) is 1.11. The molecule has 0 radical (unpaired) electrons. The van der Waals surface area contributed by atoms with E-state index < -0.39 is 15.1 Å². The molecule has 0 spiro atoms. The van der Waals surface area contributed by atoms with Gasteiger partial charge in [0.1, 0.15) is 0 Å². The van der Waals surface area contributed by atoms with E-state index in [9.17, 15) is 13.2 Å². The predicted molar refractivity (Wildman–Crippen MR) is 95.9 cm³/mol. The number of benzene rings is 2. The minimum Gasteiger partial charge on any atom is -0.465 e. The van der Waals surface area contributed by atoms with Gasteiger partial charge in [0.05, 0.1) is 16.8 Å². The lowest BCUT2D eigenvalue weighted by Crippen LogP contribution is -2.37. The Labute approximate surface area is 148 Å². The number of aryl methyl sites for hydroxylation is 1. The van der Waals surface area contributed by atoms with Gasteiger partial charge in [-0.1, -0.05) is 48.5 Å². The van der Waals surface area contributed by atoms with Gasteiger partial charge in [-0.05, 0) is 37.0 Å². The van der Waals surface area contributed by atoms with Crippen LogP contribution >= 0.6 is 0 Å². The Morgan fingerprint density at radius 3 is 2.24 bits per heavy atom. The van der Waals surface area contributed by atoms with Crippen LogP contribution < -0.4 is 0 Å². The molecule has 1 aliphatic heterocycles. The predicted octanol–water partition coefficient (Wildman–Crippen LogP) is 3.41. The zero-order valence-electron chi connectivity index (χ0n) is 14.0. The Bertz CT molecular complexity index is 790. The second-order valence-corrected chi connectivity index (χ2v) is 8.57. The molecule has 2 atom stereocenters. The molecule has 1 fully saturated rings. The number of hydrogen-bond acceptors (Lipinski definition) is 4. The second kappa shape index (κ2) is 7.83. The fraction of sp³-hybridized carbons (Fsp3) is 0.350. The summed E-state index contributed by atoms with van der Waals surface area (Å²) in [6.07, 6.45) is 2.05. The van der Waals surface area contributed by atoms with Crippen LogP contribution in [0.15, 0.2) is 65.6 Å². The molecule has 3 rings (SSSR count). The van der Waals surface area contributed by atoms with Crippen molar-refractivity contribution < 1.29 is 17.9 Å². The molecule has 0 amide bonds. The van der Waals surface area contributed by atoms with E-state index in [4.69, 9.17) is 4.74 Å². The standard InChI is InChI=1S/C20H22O4S/c21-20-14-12-17(15-24-20)19(13-11-16-7-3-1-4-8-16)25(22,23)18-9-5-2-6-10-18/h1-10,17,19H,11-15H2. The fourth-order valence-electron chi connectivity index (χ4n) is 3.33. The number of cyclic esters (lactones) is 1. The summed E-state index contributed by atoms with van der Waals surface area (Å²) >= 11 is 0. The molecule has 1 heterocycles. The third-order valence-corrected chi connectivity index (χ3v) is 7.08. The topological polar surface area (TPSA) is 60.4 Å². The molecule has 2 unspecified atom stereocenters. The summed E-state index contributed by atoms with van der Waals surface area (Å²) in [5.74, 6) is -0.401. The van der Waals surface area contributed by atoms with Crippen molar-refractivity contribution in [3.8, 4) is 0 Å². The first-order valence-electron chi connectivity index (χ1n) is 8.56. The molecule has 4 nitrogen and oxygen atoms in total. The second-order valence-electron chi connectivity index (χ2n) is 6.40. The normalized spacial score (nSPS) is 19.2. The van der Waals surface area contributed by atoms with Crippen molar-refractivity contribution in [3.05, 3.63) is 66.2 Å². The summed E-state index contributed by atoms with van der Waals surface area (Å²) < 4.78 is 31.5. The van der Waals surface area contributed by atoms with Crippen molar-refractivity contribution in [2.24, 2.45) is 5.92 Å². The zero-order chi connectivity index (χ0) is 17.7. The SMILES string of the molecule is O=C1CCC(C(CCc2ccccc2)S(=O)(=O)c2ccccc2)CO1. The first-order valence-corrected chi connectivity index (χ1v) is 10.1. The zero-order valence-corrected chi connectivity index (χ0v) is 14.8.